The largest absolute Gasteiger partial charge is 0.508 e. The molecule has 7 rings (SSSR count). The first-order valence-electron chi connectivity index (χ1n) is 17.5. The van der Waals surface area contributed by atoms with Crippen molar-refractivity contribution in [2.75, 3.05) is 20.1 Å². The number of imide groups is 1. The van der Waals surface area contributed by atoms with Crippen LogP contribution >= 0.6 is 0 Å². The van der Waals surface area contributed by atoms with Gasteiger partial charge in [0.1, 0.15) is 5.75 Å². The Balaban J connectivity index is 1.11. The number of carbonyl (C=O) groups is 2. The molecule has 52 heavy (non-hydrogen) atoms. The van der Waals surface area contributed by atoms with Crippen molar-refractivity contribution in [3.63, 3.8) is 0 Å². The highest BCUT2D eigenvalue weighted by Crippen LogP contribution is 2.42. The lowest BCUT2D eigenvalue weighted by Gasteiger charge is -2.42. The van der Waals surface area contributed by atoms with E-state index in [0.29, 0.717) is 29.8 Å². The van der Waals surface area contributed by atoms with Crippen molar-refractivity contribution >= 4 is 11.8 Å². The molecule has 2 amide bonds. The van der Waals surface area contributed by atoms with Gasteiger partial charge in [-0.15, -0.1) is 0 Å². The standard InChI is InChI=1S/C43H42N2O7/c1-27-39(25-44(2)24-38(48)32-9-7-10-34(47)22-32)51-43(52-40(27)30-16-14-28(26-46)15-17-30)31-20-18-29(19-21-31)35-11-4-3-8-33(35)23-45-41(49)36-12-5-6-13-37(36)42(45)50/h3-22,27,38-40,43,46-48H,23-26H2,1-2H3/t27-,38+,39+,40+,43+/m0/s1. The number of benzene rings is 5. The first kappa shape index (κ1) is 35.3. The van der Waals surface area contributed by atoms with Gasteiger partial charge in [0, 0.05) is 24.6 Å². The Morgan fingerprint density at radius 3 is 2.06 bits per heavy atom. The van der Waals surface area contributed by atoms with E-state index in [9.17, 15) is 24.9 Å². The van der Waals surface area contributed by atoms with Crippen LogP contribution in [-0.2, 0) is 22.6 Å². The van der Waals surface area contributed by atoms with Crippen LogP contribution in [0.2, 0.25) is 0 Å². The van der Waals surface area contributed by atoms with Crippen molar-refractivity contribution in [2.24, 2.45) is 5.92 Å². The minimum absolute atomic E-state index is 0.0458. The molecule has 0 aliphatic carbocycles. The van der Waals surface area contributed by atoms with E-state index in [0.717, 1.165) is 33.4 Å². The highest BCUT2D eigenvalue weighted by atomic mass is 16.7. The number of amides is 2. The van der Waals surface area contributed by atoms with Gasteiger partial charge in [-0.3, -0.25) is 14.5 Å². The summed E-state index contributed by atoms with van der Waals surface area (Å²) in [6.07, 6.45) is -2.04. The maximum Gasteiger partial charge on any atom is 0.261 e. The van der Waals surface area contributed by atoms with E-state index >= 15 is 0 Å². The summed E-state index contributed by atoms with van der Waals surface area (Å²) in [4.78, 5) is 29.6. The van der Waals surface area contributed by atoms with Crippen LogP contribution < -0.4 is 0 Å². The molecule has 0 unspecified atom stereocenters. The minimum atomic E-state index is -0.794. The number of rotatable bonds is 11. The molecule has 5 aromatic rings. The van der Waals surface area contributed by atoms with Crippen LogP contribution in [0.5, 0.6) is 5.75 Å². The number of nitrogens with zero attached hydrogens (tertiary/aromatic N) is 2. The molecule has 9 heteroatoms. The molecule has 0 radical (unpaired) electrons. The molecule has 0 bridgehead atoms. The van der Waals surface area contributed by atoms with Crippen molar-refractivity contribution in [3.05, 3.63) is 160 Å². The summed E-state index contributed by atoms with van der Waals surface area (Å²) >= 11 is 0. The third-order valence-corrected chi connectivity index (χ3v) is 10.1. The second-order valence-corrected chi connectivity index (χ2v) is 13.7. The molecule has 3 N–H and O–H groups in total. The highest BCUT2D eigenvalue weighted by Gasteiger charge is 2.39. The Bertz CT molecular complexity index is 2010. The van der Waals surface area contributed by atoms with Gasteiger partial charge in [-0.1, -0.05) is 104 Å². The van der Waals surface area contributed by atoms with Crippen molar-refractivity contribution in [2.45, 2.75) is 44.7 Å². The van der Waals surface area contributed by atoms with Gasteiger partial charge in [0.25, 0.3) is 11.8 Å². The molecule has 0 aromatic heterocycles. The quantitative estimate of drug-likeness (QED) is 0.129. The minimum Gasteiger partial charge on any atom is -0.508 e. The third kappa shape index (κ3) is 7.27. The smallest absolute Gasteiger partial charge is 0.261 e. The lowest BCUT2D eigenvalue weighted by molar-refractivity contribution is -0.276. The van der Waals surface area contributed by atoms with Crippen LogP contribution in [0.1, 0.15) is 74.0 Å². The molecule has 2 aliphatic rings. The average Bonchev–Trinajstić information content (AvgIpc) is 3.40. The Labute approximate surface area is 303 Å². The van der Waals surface area contributed by atoms with Crippen molar-refractivity contribution < 1.29 is 34.4 Å². The number of carbonyl (C=O) groups excluding carboxylic acids is 2. The maximum atomic E-state index is 13.1. The van der Waals surface area contributed by atoms with E-state index in [2.05, 4.69) is 6.92 Å². The van der Waals surface area contributed by atoms with Crippen LogP contribution in [0.4, 0.5) is 0 Å². The van der Waals surface area contributed by atoms with E-state index in [1.165, 1.54) is 4.90 Å². The van der Waals surface area contributed by atoms with E-state index in [1.54, 1.807) is 48.5 Å². The van der Waals surface area contributed by atoms with Gasteiger partial charge >= 0.3 is 0 Å². The first-order valence-corrected chi connectivity index (χ1v) is 17.5. The molecular formula is C43H42N2O7. The number of aliphatic hydroxyl groups is 2. The van der Waals surface area contributed by atoms with E-state index in [1.807, 2.05) is 84.7 Å². The fourth-order valence-corrected chi connectivity index (χ4v) is 7.16. The number of aliphatic hydroxyl groups excluding tert-OH is 2. The van der Waals surface area contributed by atoms with Gasteiger partial charge in [0.05, 0.1) is 42.6 Å². The first-order chi connectivity index (χ1) is 25.2. The Morgan fingerprint density at radius 1 is 0.769 bits per heavy atom. The van der Waals surface area contributed by atoms with E-state index in [4.69, 9.17) is 9.47 Å². The van der Waals surface area contributed by atoms with Gasteiger partial charge in [0.2, 0.25) is 0 Å². The zero-order chi connectivity index (χ0) is 36.4. The lowest BCUT2D eigenvalue weighted by Crippen LogP contribution is -2.44. The summed E-state index contributed by atoms with van der Waals surface area (Å²) in [7, 11) is 1.94. The Morgan fingerprint density at radius 2 is 1.40 bits per heavy atom. The molecule has 9 nitrogen and oxygen atoms in total. The topological polar surface area (TPSA) is 120 Å². The van der Waals surface area contributed by atoms with Gasteiger partial charge in [0.15, 0.2) is 6.29 Å². The number of aromatic hydroxyl groups is 1. The summed E-state index contributed by atoms with van der Waals surface area (Å²) < 4.78 is 13.3. The molecular weight excluding hydrogens is 656 g/mol. The van der Waals surface area contributed by atoms with Crippen LogP contribution in [0.25, 0.3) is 11.1 Å². The Hall–Kier alpha value is -5.16. The zero-order valence-corrected chi connectivity index (χ0v) is 29.1. The zero-order valence-electron chi connectivity index (χ0n) is 29.1. The lowest BCUT2D eigenvalue weighted by atomic mass is 9.90. The van der Waals surface area contributed by atoms with Gasteiger partial charge < -0.3 is 29.7 Å². The monoisotopic (exact) mass is 698 g/mol. The summed E-state index contributed by atoms with van der Waals surface area (Å²) in [5.74, 6) is -0.525. The number of hydrogen-bond donors (Lipinski definition) is 3. The van der Waals surface area contributed by atoms with Gasteiger partial charge in [-0.2, -0.15) is 0 Å². The fourth-order valence-electron chi connectivity index (χ4n) is 7.16. The number of ether oxygens (including phenoxy) is 2. The molecule has 5 aromatic carbocycles. The summed E-state index contributed by atoms with van der Waals surface area (Å²) in [6.45, 7) is 3.07. The summed E-state index contributed by atoms with van der Waals surface area (Å²) in [5, 5.41) is 30.5. The second kappa shape index (κ2) is 15.2. The molecule has 1 fully saturated rings. The van der Waals surface area contributed by atoms with Crippen molar-refractivity contribution in [3.8, 4) is 16.9 Å². The molecule has 1 saturated heterocycles. The maximum absolute atomic E-state index is 13.1. The number of likely N-dealkylation sites (N-methyl/N-ethyl adjacent to an activating group) is 1. The van der Waals surface area contributed by atoms with Crippen molar-refractivity contribution in [1.29, 1.82) is 0 Å². The summed E-state index contributed by atoms with van der Waals surface area (Å²) in [6, 6.07) is 37.1. The van der Waals surface area contributed by atoms with Crippen LogP contribution in [0.3, 0.4) is 0 Å². The number of phenols is 1. The molecule has 2 heterocycles. The number of phenolic OH excluding ortho intramolecular Hbond substituents is 1. The highest BCUT2D eigenvalue weighted by molar-refractivity contribution is 6.21. The van der Waals surface area contributed by atoms with Gasteiger partial charge in [-0.05, 0) is 64.7 Å². The van der Waals surface area contributed by atoms with Crippen LogP contribution in [0, 0.1) is 5.92 Å². The SMILES string of the molecule is C[C@H]1[C@@H](CN(C)C[C@@H](O)c2cccc(O)c2)O[C@@H](c2ccc(-c3ccccc3CN3C(=O)c4ccccc4C3=O)cc2)O[C@H]1c1ccc(CO)cc1. The predicted molar refractivity (Wildman–Crippen MR) is 196 cm³/mol. The fraction of sp³-hybridized carbons (Fsp3) is 0.256. The molecule has 0 spiro atoms. The van der Waals surface area contributed by atoms with Crippen molar-refractivity contribution in [1.82, 2.24) is 9.80 Å². The van der Waals surface area contributed by atoms with Gasteiger partial charge in [-0.25, -0.2) is 0 Å². The third-order valence-electron chi connectivity index (χ3n) is 10.1. The van der Waals surface area contributed by atoms with Crippen LogP contribution in [-0.4, -0.2) is 63.2 Å². The van der Waals surface area contributed by atoms with E-state index in [-0.39, 0.29) is 48.8 Å². The molecule has 266 valence electrons. The Kier molecular flexibility index (Phi) is 10.3. The average molecular weight is 699 g/mol. The normalized spacial score (nSPS) is 20.7. The number of hydrogen-bond acceptors (Lipinski definition) is 8. The van der Waals surface area contributed by atoms with E-state index < -0.39 is 12.4 Å². The molecule has 5 atom stereocenters. The number of fused-ring (bicyclic) bond motifs is 1. The molecule has 0 saturated carbocycles. The molecule has 2 aliphatic heterocycles. The second-order valence-electron chi connectivity index (χ2n) is 13.7. The van der Waals surface area contributed by atoms with Crippen LogP contribution in [0.15, 0.2) is 121 Å². The predicted octanol–water partition coefficient (Wildman–Crippen LogP) is 6.80. The summed E-state index contributed by atoms with van der Waals surface area (Å²) in [5.41, 5.74) is 6.80.